The number of hydrogen-bond acceptors (Lipinski definition) is 5. The summed E-state index contributed by atoms with van der Waals surface area (Å²) in [6.07, 6.45) is 0. The molecule has 2 aliphatic heterocycles. The number of benzene rings is 1. The van der Waals surface area contributed by atoms with Crippen molar-refractivity contribution in [2.75, 3.05) is 39.3 Å². The minimum Gasteiger partial charge on any atom is -0.399 e. The summed E-state index contributed by atoms with van der Waals surface area (Å²) in [5.74, 6) is 0. The summed E-state index contributed by atoms with van der Waals surface area (Å²) in [7, 11) is -0.311. The normalized spacial score (nSPS) is 23.7. The fourth-order valence-corrected chi connectivity index (χ4v) is 3.88. The Balaban J connectivity index is 1.68. The van der Waals surface area contributed by atoms with Gasteiger partial charge in [-0.3, -0.25) is 9.80 Å². The molecule has 0 aromatic heterocycles. The summed E-state index contributed by atoms with van der Waals surface area (Å²) in [6, 6.07) is 8.70. The molecule has 150 valence electrons. The molecule has 27 heavy (non-hydrogen) atoms. The molecule has 0 bridgehead atoms. The van der Waals surface area contributed by atoms with Crippen molar-refractivity contribution in [2.45, 2.75) is 58.3 Å². The van der Waals surface area contributed by atoms with Gasteiger partial charge in [-0.2, -0.15) is 0 Å². The third-order valence-corrected chi connectivity index (χ3v) is 6.72. The van der Waals surface area contributed by atoms with Gasteiger partial charge in [0.25, 0.3) is 0 Å². The predicted molar refractivity (Wildman–Crippen MR) is 110 cm³/mol. The molecular weight excluding hydrogens is 339 g/mol. The van der Waals surface area contributed by atoms with Crippen molar-refractivity contribution in [3.05, 3.63) is 29.8 Å². The van der Waals surface area contributed by atoms with E-state index in [1.54, 1.807) is 0 Å². The lowest BCUT2D eigenvalue weighted by molar-refractivity contribution is 0.00578. The highest BCUT2D eigenvalue weighted by atomic mass is 16.7. The van der Waals surface area contributed by atoms with Gasteiger partial charge in [-0.05, 0) is 52.6 Å². The van der Waals surface area contributed by atoms with Crippen molar-refractivity contribution >= 4 is 12.6 Å². The van der Waals surface area contributed by atoms with Crippen LogP contribution in [-0.4, -0.2) is 72.6 Å². The largest absolute Gasteiger partial charge is 0.494 e. The number of aliphatic hydroxyl groups excluding tert-OH is 1. The standard InChI is InChI=1S/C21H35BN2O3/c1-19(2,24-13-11-23(12-14-24)15-16-25)17-7-9-18(10-8-17)22-26-20(3,4)21(5,6)27-22/h7-10,25H,11-16H2,1-6H3. The summed E-state index contributed by atoms with van der Waals surface area (Å²) in [5, 5.41) is 9.13. The smallest absolute Gasteiger partial charge is 0.399 e. The molecular formula is C21H35BN2O3. The molecule has 0 spiro atoms. The quantitative estimate of drug-likeness (QED) is 0.797. The second-order valence-electron chi connectivity index (χ2n) is 9.32. The molecule has 0 amide bonds. The van der Waals surface area contributed by atoms with E-state index in [2.05, 4.69) is 75.6 Å². The molecule has 2 saturated heterocycles. The Hall–Kier alpha value is -0.915. The molecule has 0 unspecified atom stereocenters. The summed E-state index contributed by atoms with van der Waals surface area (Å²) >= 11 is 0. The van der Waals surface area contributed by atoms with Crippen LogP contribution in [-0.2, 0) is 14.8 Å². The van der Waals surface area contributed by atoms with Gasteiger partial charge in [0.1, 0.15) is 0 Å². The van der Waals surface area contributed by atoms with E-state index in [0.29, 0.717) is 0 Å². The van der Waals surface area contributed by atoms with Crippen molar-refractivity contribution < 1.29 is 14.4 Å². The summed E-state index contributed by atoms with van der Waals surface area (Å²) in [4.78, 5) is 4.86. The maximum atomic E-state index is 9.13. The van der Waals surface area contributed by atoms with Crippen LogP contribution >= 0.6 is 0 Å². The summed E-state index contributed by atoms with van der Waals surface area (Å²) in [6.45, 7) is 18.0. The zero-order valence-corrected chi connectivity index (χ0v) is 17.8. The number of piperazine rings is 1. The molecule has 0 saturated carbocycles. The van der Waals surface area contributed by atoms with E-state index < -0.39 is 0 Å². The van der Waals surface area contributed by atoms with Crippen LogP contribution in [0.4, 0.5) is 0 Å². The number of β-amino-alcohol motifs (C(OH)–C–C–N with tert-alkyl or cyclic N) is 1. The molecule has 2 aliphatic rings. The minimum absolute atomic E-state index is 0.0280. The lowest BCUT2D eigenvalue weighted by Crippen LogP contribution is -2.53. The number of aliphatic hydroxyl groups is 1. The second kappa shape index (κ2) is 7.49. The fourth-order valence-electron chi connectivity index (χ4n) is 3.88. The third kappa shape index (κ3) is 4.10. The monoisotopic (exact) mass is 374 g/mol. The first-order chi connectivity index (χ1) is 12.6. The zero-order valence-electron chi connectivity index (χ0n) is 17.8. The first-order valence-electron chi connectivity index (χ1n) is 10.1. The van der Waals surface area contributed by atoms with E-state index in [9.17, 15) is 0 Å². The van der Waals surface area contributed by atoms with Gasteiger partial charge in [-0.15, -0.1) is 0 Å². The first kappa shape index (κ1) is 20.8. The SMILES string of the molecule is CC(C)(c1ccc(B2OC(C)(C)C(C)(C)O2)cc1)N1CCN(CCO)CC1. The Morgan fingerprint density at radius 3 is 1.96 bits per heavy atom. The van der Waals surface area contributed by atoms with Crippen molar-refractivity contribution in [1.82, 2.24) is 9.80 Å². The molecule has 0 aliphatic carbocycles. The van der Waals surface area contributed by atoms with E-state index in [0.717, 1.165) is 38.2 Å². The van der Waals surface area contributed by atoms with Gasteiger partial charge in [0.15, 0.2) is 0 Å². The highest BCUT2D eigenvalue weighted by Gasteiger charge is 2.51. The Bertz CT molecular complexity index is 621. The Kier molecular flexibility index (Phi) is 5.77. The van der Waals surface area contributed by atoms with Crippen LogP contribution in [0.1, 0.15) is 47.1 Å². The summed E-state index contributed by atoms with van der Waals surface area (Å²) in [5.41, 5.74) is 1.72. The van der Waals surface area contributed by atoms with Gasteiger partial charge < -0.3 is 14.4 Å². The van der Waals surface area contributed by atoms with Gasteiger partial charge >= 0.3 is 7.12 Å². The van der Waals surface area contributed by atoms with Crippen LogP contribution in [0.25, 0.3) is 0 Å². The highest BCUT2D eigenvalue weighted by Crippen LogP contribution is 2.36. The average Bonchev–Trinajstić information content (AvgIpc) is 2.83. The van der Waals surface area contributed by atoms with E-state index in [1.165, 1.54) is 5.56 Å². The maximum absolute atomic E-state index is 9.13. The molecule has 1 N–H and O–H groups in total. The Labute approximate surface area is 164 Å². The van der Waals surface area contributed by atoms with Gasteiger partial charge in [-0.25, -0.2) is 0 Å². The predicted octanol–water partition coefficient (Wildman–Crippen LogP) is 1.83. The number of hydrogen-bond donors (Lipinski definition) is 1. The van der Waals surface area contributed by atoms with Gasteiger partial charge in [0.05, 0.1) is 17.8 Å². The van der Waals surface area contributed by atoms with Gasteiger partial charge in [0, 0.05) is 38.3 Å². The average molecular weight is 374 g/mol. The lowest BCUT2D eigenvalue weighted by atomic mass is 9.77. The lowest BCUT2D eigenvalue weighted by Gasteiger charge is -2.44. The van der Waals surface area contributed by atoms with Crippen LogP contribution in [0, 0.1) is 0 Å². The zero-order chi connectivity index (χ0) is 19.9. The van der Waals surface area contributed by atoms with Crippen LogP contribution in [0.2, 0.25) is 0 Å². The molecule has 0 radical (unpaired) electrons. The van der Waals surface area contributed by atoms with Gasteiger partial charge in [-0.1, -0.05) is 24.3 Å². The molecule has 2 heterocycles. The van der Waals surface area contributed by atoms with E-state index in [-0.39, 0.29) is 30.5 Å². The molecule has 0 atom stereocenters. The van der Waals surface area contributed by atoms with Crippen molar-refractivity contribution in [3.8, 4) is 0 Å². The van der Waals surface area contributed by atoms with E-state index >= 15 is 0 Å². The molecule has 1 aromatic carbocycles. The van der Waals surface area contributed by atoms with Crippen LogP contribution < -0.4 is 5.46 Å². The molecule has 3 rings (SSSR count). The van der Waals surface area contributed by atoms with Crippen LogP contribution in [0.3, 0.4) is 0 Å². The maximum Gasteiger partial charge on any atom is 0.494 e. The van der Waals surface area contributed by atoms with Crippen LogP contribution in [0.5, 0.6) is 0 Å². The molecule has 5 nitrogen and oxygen atoms in total. The molecule has 2 fully saturated rings. The highest BCUT2D eigenvalue weighted by molar-refractivity contribution is 6.62. The van der Waals surface area contributed by atoms with Crippen molar-refractivity contribution in [3.63, 3.8) is 0 Å². The number of rotatable bonds is 5. The Morgan fingerprint density at radius 2 is 1.48 bits per heavy atom. The Morgan fingerprint density at radius 1 is 0.963 bits per heavy atom. The van der Waals surface area contributed by atoms with Crippen LogP contribution in [0.15, 0.2) is 24.3 Å². The second-order valence-corrected chi connectivity index (χ2v) is 9.32. The minimum atomic E-state index is -0.316. The first-order valence-corrected chi connectivity index (χ1v) is 10.1. The molecule has 6 heteroatoms. The van der Waals surface area contributed by atoms with E-state index in [1.807, 2.05) is 0 Å². The fraction of sp³-hybridized carbons (Fsp3) is 0.714. The van der Waals surface area contributed by atoms with Gasteiger partial charge in [0.2, 0.25) is 0 Å². The number of nitrogens with zero attached hydrogens (tertiary/aromatic N) is 2. The summed E-state index contributed by atoms with van der Waals surface area (Å²) < 4.78 is 12.3. The van der Waals surface area contributed by atoms with Crippen molar-refractivity contribution in [1.29, 1.82) is 0 Å². The molecule has 1 aromatic rings. The topological polar surface area (TPSA) is 45.2 Å². The van der Waals surface area contributed by atoms with Crippen molar-refractivity contribution in [2.24, 2.45) is 0 Å². The third-order valence-electron chi connectivity index (χ3n) is 6.72. The van der Waals surface area contributed by atoms with E-state index in [4.69, 9.17) is 14.4 Å².